The number of benzene rings is 1. The van der Waals surface area contributed by atoms with Crippen LogP contribution in [0.15, 0.2) is 30.5 Å². The molecule has 0 unspecified atom stereocenters. The van der Waals surface area contributed by atoms with E-state index >= 15 is 0 Å². The summed E-state index contributed by atoms with van der Waals surface area (Å²) >= 11 is 0. The van der Waals surface area contributed by atoms with Crippen molar-refractivity contribution in [2.75, 3.05) is 19.0 Å². The van der Waals surface area contributed by atoms with Crippen LogP contribution in [0.2, 0.25) is 0 Å². The summed E-state index contributed by atoms with van der Waals surface area (Å²) in [5.74, 6) is 0.510. The quantitative estimate of drug-likeness (QED) is 0.797. The number of amides is 1. The summed E-state index contributed by atoms with van der Waals surface area (Å²) in [6.45, 7) is 0.615. The summed E-state index contributed by atoms with van der Waals surface area (Å²) in [4.78, 5) is 11.9. The predicted octanol–water partition coefficient (Wildman–Crippen LogP) is 0.427. The van der Waals surface area contributed by atoms with Crippen molar-refractivity contribution in [1.29, 1.82) is 0 Å². The van der Waals surface area contributed by atoms with Gasteiger partial charge in [-0.15, -0.1) is 5.10 Å². The maximum Gasteiger partial charge on any atom is 0.246 e. The van der Waals surface area contributed by atoms with Crippen LogP contribution in [0.4, 0.5) is 5.69 Å². The summed E-state index contributed by atoms with van der Waals surface area (Å²) in [5, 5.41) is 10.6. The zero-order valence-corrected chi connectivity index (χ0v) is 11.2. The molecule has 7 heteroatoms. The van der Waals surface area contributed by atoms with Crippen molar-refractivity contribution in [2.24, 2.45) is 5.73 Å². The number of aromatic nitrogens is 3. The zero-order chi connectivity index (χ0) is 14.4. The molecule has 20 heavy (non-hydrogen) atoms. The van der Waals surface area contributed by atoms with E-state index in [2.05, 4.69) is 15.6 Å². The minimum absolute atomic E-state index is 0.106. The Hall–Kier alpha value is -2.41. The molecule has 0 aliphatic heterocycles. The monoisotopic (exact) mass is 275 g/mol. The predicted molar refractivity (Wildman–Crippen MR) is 74.4 cm³/mol. The Balaban J connectivity index is 1.94. The van der Waals surface area contributed by atoms with E-state index in [4.69, 9.17) is 10.5 Å². The van der Waals surface area contributed by atoms with Gasteiger partial charge in [-0.25, -0.2) is 4.68 Å². The minimum atomic E-state index is -0.178. The van der Waals surface area contributed by atoms with E-state index in [0.29, 0.717) is 24.4 Å². The van der Waals surface area contributed by atoms with Crippen molar-refractivity contribution >= 4 is 11.6 Å². The minimum Gasteiger partial charge on any atom is -0.497 e. The van der Waals surface area contributed by atoms with Crippen LogP contribution in [0.25, 0.3) is 0 Å². The first kappa shape index (κ1) is 14.0. The standard InChI is InChI=1S/C13H17N5O2/c1-20-12-4-2-3-10(7-12)15-13(19)9-18-8-11(5-6-14)16-17-18/h2-4,7-8H,5-6,9,14H2,1H3,(H,15,19). The summed E-state index contributed by atoms with van der Waals surface area (Å²) < 4.78 is 6.58. The third-order valence-electron chi connectivity index (χ3n) is 2.65. The Bertz CT molecular complexity index is 582. The first-order valence-corrected chi connectivity index (χ1v) is 6.24. The number of nitrogens with two attached hydrogens (primary N) is 1. The highest BCUT2D eigenvalue weighted by molar-refractivity contribution is 5.90. The van der Waals surface area contributed by atoms with Gasteiger partial charge in [0.25, 0.3) is 0 Å². The first-order chi connectivity index (χ1) is 9.71. The largest absolute Gasteiger partial charge is 0.497 e. The average molecular weight is 275 g/mol. The molecule has 0 fully saturated rings. The number of hydrogen-bond acceptors (Lipinski definition) is 5. The number of nitrogens with zero attached hydrogens (tertiary/aromatic N) is 3. The number of ether oxygens (including phenoxy) is 1. The summed E-state index contributed by atoms with van der Waals surface area (Å²) in [6, 6.07) is 7.16. The third kappa shape index (κ3) is 3.79. The van der Waals surface area contributed by atoms with Gasteiger partial charge >= 0.3 is 0 Å². The Kier molecular flexibility index (Phi) is 4.67. The van der Waals surface area contributed by atoms with Gasteiger partial charge in [-0.1, -0.05) is 11.3 Å². The Morgan fingerprint density at radius 1 is 1.50 bits per heavy atom. The third-order valence-corrected chi connectivity index (χ3v) is 2.65. The molecule has 0 aliphatic carbocycles. The van der Waals surface area contributed by atoms with Crippen molar-refractivity contribution in [3.8, 4) is 5.75 Å². The molecule has 0 saturated heterocycles. The molecule has 2 rings (SSSR count). The number of methoxy groups -OCH3 is 1. The van der Waals surface area contributed by atoms with Gasteiger partial charge in [-0.3, -0.25) is 4.79 Å². The highest BCUT2D eigenvalue weighted by Gasteiger charge is 2.06. The summed E-state index contributed by atoms with van der Waals surface area (Å²) in [5.41, 5.74) is 6.89. The fraction of sp³-hybridized carbons (Fsp3) is 0.308. The number of rotatable bonds is 6. The number of carbonyl (C=O) groups is 1. The van der Waals surface area contributed by atoms with Crippen LogP contribution in [0.1, 0.15) is 5.69 Å². The zero-order valence-electron chi connectivity index (χ0n) is 11.2. The number of carbonyl (C=O) groups excluding carboxylic acids is 1. The lowest BCUT2D eigenvalue weighted by Gasteiger charge is -2.06. The lowest BCUT2D eigenvalue weighted by atomic mass is 10.3. The van der Waals surface area contributed by atoms with Crippen LogP contribution in [-0.2, 0) is 17.8 Å². The van der Waals surface area contributed by atoms with Gasteiger partial charge in [0.15, 0.2) is 0 Å². The lowest BCUT2D eigenvalue weighted by molar-refractivity contribution is -0.116. The second-order valence-corrected chi connectivity index (χ2v) is 4.23. The highest BCUT2D eigenvalue weighted by Crippen LogP contribution is 2.16. The molecule has 3 N–H and O–H groups in total. The van der Waals surface area contributed by atoms with Crippen LogP contribution in [-0.4, -0.2) is 34.6 Å². The molecule has 106 valence electrons. The number of anilines is 1. The van der Waals surface area contributed by atoms with Gasteiger partial charge in [0.05, 0.1) is 12.8 Å². The molecule has 7 nitrogen and oxygen atoms in total. The van der Waals surface area contributed by atoms with Crippen LogP contribution in [0.5, 0.6) is 5.75 Å². The number of hydrogen-bond donors (Lipinski definition) is 2. The topological polar surface area (TPSA) is 95.1 Å². The van der Waals surface area contributed by atoms with Gasteiger partial charge in [0.2, 0.25) is 5.91 Å². The van der Waals surface area contributed by atoms with Crippen LogP contribution in [0, 0.1) is 0 Å². The lowest BCUT2D eigenvalue weighted by Crippen LogP contribution is -2.19. The van der Waals surface area contributed by atoms with Crippen molar-refractivity contribution < 1.29 is 9.53 Å². The summed E-state index contributed by atoms with van der Waals surface area (Å²) in [7, 11) is 1.58. The second-order valence-electron chi connectivity index (χ2n) is 4.23. The molecular formula is C13H17N5O2. The van der Waals surface area contributed by atoms with E-state index in [1.165, 1.54) is 4.68 Å². The van der Waals surface area contributed by atoms with E-state index in [1.807, 2.05) is 12.1 Å². The normalized spacial score (nSPS) is 10.3. The SMILES string of the molecule is COc1cccc(NC(=O)Cn2cc(CCN)nn2)c1. The van der Waals surface area contributed by atoms with E-state index in [-0.39, 0.29) is 12.5 Å². The van der Waals surface area contributed by atoms with Gasteiger partial charge in [-0.2, -0.15) is 0 Å². The molecule has 1 aromatic heterocycles. The molecule has 1 heterocycles. The van der Waals surface area contributed by atoms with Crippen molar-refractivity contribution in [1.82, 2.24) is 15.0 Å². The fourth-order valence-corrected chi connectivity index (χ4v) is 1.73. The van der Waals surface area contributed by atoms with E-state index in [1.54, 1.807) is 25.4 Å². The molecule has 1 aromatic carbocycles. The molecule has 0 spiro atoms. The smallest absolute Gasteiger partial charge is 0.246 e. The van der Waals surface area contributed by atoms with Crippen LogP contribution < -0.4 is 15.8 Å². The van der Waals surface area contributed by atoms with Crippen molar-refractivity contribution in [3.05, 3.63) is 36.2 Å². The molecule has 0 bridgehead atoms. The van der Waals surface area contributed by atoms with E-state index in [9.17, 15) is 4.79 Å². The highest BCUT2D eigenvalue weighted by atomic mass is 16.5. The maximum atomic E-state index is 11.9. The molecule has 2 aromatic rings. The Labute approximate surface area is 116 Å². The Morgan fingerprint density at radius 3 is 3.10 bits per heavy atom. The van der Waals surface area contributed by atoms with Crippen molar-refractivity contribution in [2.45, 2.75) is 13.0 Å². The second kappa shape index (κ2) is 6.67. The van der Waals surface area contributed by atoms with Gasteiger partial charge in [0.1, 0.15) is 12.3 Å². The molecule has 0 radical (unpaired) electrons. The van der Waals surface area contributed by atoms with Crippen LogP contribution in [0.3, 0.4) is 0 Å². The Morgan fingerprint density at radius 2 is 2.35 bits per heavy atom. The van der Waals surface area contributed by atoms with E-state index in [0.717, 1.165) is 5.69 Å². The molecule has 0 saturated carbocycles. The number of nitrogens with one attached hydrogen (secondary N) is 1. The van der Waals surface area contributed by atoms with Crippen molar-refractivity contribution in [3.63, 3.8) is 0 Å². The average Bonchev–Trinajstić information content (AvgIpc) is 2.86. The molecule has 0 atom stereocenters. The van der Waals surface area contributed by atoms with Gasteiger partial charge < -0.3 is 15.8 Å². The summed E-state index contributed by atoms with van der Waals surface area (Å²) in [6.07, 6.45) is 2.37. The van der Waals surface area contributed by atoms with Crippen LogP contribution >= 0.6 is 0 Å². The fourth-order valence-electron chi connectivity index (χ4n) is 1.73. The molecular weight excluding hydrogens is 258 g/mol. The molecule has 0 aliphatic rings. The molecule has 1 amide bonds. The maximum absolute atomic E-state index is 11.9. The van der Waals surface area contributed by atoms with Gasteiger partial charge in [-0.05, 0) is 18.7 Å². The first-order valence-electron chi connectivity index (χ1n) is 6.24. The van der Waals surface area contributed by atoms with Gasteiger partial charge in [0, 0.05) is 24.4 Å². The van der Waals surface area contributed by atoms with E-state index < -0.39 is 0 Å².